The lowest BCUT2D eigenvalue weighted by atomic mass is 10.1. The molecule has 0 heterocycles. The van der Waals surface area contributed by atoms with Crippen molar-refractivity contribution in [2.45, 2.75) is 19.4 Å². The maximum Gasteiger partial charge on any atom is 0.313 e. The minimum Gasteiger partial charge on any atom is -0.391 e. The van der Waals surface area contributed by atoms with E-state index < -0.39 is 17.9 Å². The topological polar surface area (TPSA) is 78.4 Å². The van der Waals surface area contributed by atoms with E-state index in [2.05, 4.69) is 10.6 Å². The highest BCUT2D eigenvalue weighted by atomic mass is 35.5. The Kier molecular flexibility index (Phi) is 6.35. The van der Waals surface area contributed by atoms with Crippen molar-refractivity contribution in [2.24, 2.45) is 0 Å². The summed E-state index contributed by atoms with van der Waals surface area (Å²) in [7, 11) is 0. The van der Waals surface area contributed by atoms with E-state index >= 15 is 0 Å². The summed E-state index contributed by atoms with van der Waals surface area (Å²) in [4.78, 5) is 23.7. The summed E-state index contributed by atoms with van der Waals surface area (Å²) in [6.45, 7) is 1.75. The number of anilines is 1. The molecular formula is C18H19ClN2O3. The molecule has 5 nitrogen and oxygen atoms in total. The van der Waals surface area contributed by atoms with Gasteiger partial charge in [-0.3, -0.25) is 9.59 Å². The van der Waals surface area contributed by atoms with Crippen LogP contribution in [0.3, 0.4) is 0 Å². The van der Waals surface area contributed by atoms with Crippen molar-refractivity contribution in [3.8, 4) is 0 Å². The van der Waals surface area contributed by atoms with Gasteiger partial charge in [-0.05, 0) is 30.2 Å². The third-order valence-electron chi connectivity index (χ3n) is 3.53. The van der Waals surface area contributed by atoms with Gasteiger partial charge in [-0.25, -0.2) is 0 Å². The highest BCUT2D eigenvalue weighted by Gasteiger charge is 2.16. The van der Waals surface area contributed by atoms with E-state index in [-0.39, 0.29) is 6.54 Å². The summed E-state index contributed by atoms with van der Waals surface area (Å²) in [5, 5.41) is 15.4. The van der Waals surface area contributed by atoms with Gasteiger partial charge in [0.2, 0.25) is 0 Å². The minimum atomic E-state index is -0.804. The molecule has 3 N–H and O–H groups in total. The van der Waals surface area contributed by atoms with Crippen LogP contribution in [-0.4, -0.2) is 29.6 Å². The summed E-state index contributed by atoms with van der Waals surface area (Å²) in [6, 6.07) is 14.5. The van der Waals surface area contributed by atoms with Crippen LogP contribution in [0, 0.1) is 6.92 Å². The molecule has 0 saturated carbocycles. The van der Waals surface area contributed by atoms with Gasteiger partial charge >= 0.3 is 11.8 Å². The number of rotatable bonds is 5. The Balaban J connectivity index is 1.83. The standard InChI is InChI=1S/C18H19ClN2O3/c1-12-15(19)8-5-9-16(12)21-18(24)17(23)20-11-14(22)10-13-6-3-2-4-7-13/h2-9,14,22H,10-11H2,1H3,(H,20,23)(H,21,24). The van der Waals surface area contributed by atoms with Gasteiger partial charge in [-0.15, -0.1) is 0 Å². The number of amides is 2. The zero-order chi connectivity index (χ0) is 17.5. The SMILES string of the molecule is Cc1c(Cl)cccc1NC(=O)C(=O)NCC(O)Cc1ccccc1. The minimum absolute atomic E-state index is 0.00429. The second-order valence-electron chi connectivity index (χ2n) is 5.42. The summed E-state index contributed by atoms with van der Waals surface area (Å²) >= 11 is 5.97. The number of carbonyl (C=O) groups excluding carboxylic acids is 2. The van der Waals surface area contributed by atoms with E-state index in [0.717, 1.165) is 5.56 Å². The van der Waals surface area contributed by atoms with Gasteiger partial charge in [0.1, 0.15) is 0 Å². The average Bonchev–Trinajstić information content (AvgIpc) is 2.57. The Morgan fingerprint density at radius 1 is 1.08 bits per heavy atom. The molecule has 0 fully saturated rings. The van der Waals surface area contributed by atoms with Gasteiger partial charge in [0.05, 0.1) is 6.10 Å². The number of benzene rings is 2. The maximum absolute atomic E-state index is 11.9. The Hall–Kier alpha value is -2.37. The molecule has 1 unspecified atom stereocenters. The molecule has 0 aromatic heterocycles. The predicted molar refractivity (Wildman–Crippen MR) is 94.0 cm³/mol. The number of halogens is 1. The van der Waals surface area contributed by atoms with Crippen LogP contribution < -0.4 is 10.6 Å². The third-order valence-corrected chi connectivity index (χ3v) is 3.94. The van der Waals surface area contributed by atoms with Crippen LogP contribution in [-0.2, 0) is 16.0 Å². The fourth-order valence-corrected chi connectivity index (χ4v) is 2.35. The van der Waals surface area contributed by atoms with Crippen LogP contribution in [0.1, 0.15) is 11.1 Å². The molecule has 0 bridgehead atoms. The number of nitrogens with one attached hydrogen (secondary N) is 2. The first kappa shape index (κ1) is 18.0. The molecule has 24 heavy (non-hydrogen) atoms. The average molecular weight is 347 g/mol. The molecule has 2 rings (SSSR count). The molecule has 0 saturated heterocycles. The second kappa shape index (κ2) is 8.47. The van der Waals surface area contributed by atoms with Crippen molar-refractivity contribution >= 4 is 29.1 Å². The molecule has 0 aliphatic rings. The van der Waals surface area contributed by atoms with Gasteiger partial charge in [0.25, 0.3) is 0 Å². The second-order valence-corrected chi connectivity index (χ2v) is 5.83. The molecule has 0 aliphatic heterocycles. The van der Waals surface area contributed by atoms with Crippen LogP contribution in [0.25, 0.3) is 0 Å². The zero-order valence-corrected chi connectivity index (χ0v) is 14.0. The fourth-order valence-electron chi connectivity index (χ4n) is 2.17. The highest BCUT2D eigenvalue weighted by Crippen LogP contribution is 2.22. The van der Waals surface area contributed by atoms with Gasteiger partial charge in [0.15, 0.2) is 0 Å². The highest BCUT2D eigenvalue weighted by molar-refractivity contribution is 6.40. The Morgan fingerprint density at radius 3 is 2.50 bits per heavy atom. The van der Waals surface area contributed by atoms with Gasteiger partial charge < -0.3 is 15.7 Å². The molecular weight excluding hydrogens is 328 g/mol. The largest absolute Gasteiger partial charge is 0.391 e. The Morgan fingerprint density at radius 2 is 1.79 bits per heavy atom. The van der Waals surface area contributed by atoms with Gasteiger partial charge in [-0.1, -0.05) is 48.0 Å². The molecule has 2 aromatic rings. The van der Waals surface area contributed by atoms with Crippen molar-refractivity contribution in [1.29, 1.82) is 0 Å². The van der Waals surface area contributed by atoms with Gasteiger partial charge in [0, 0.05) is 23.7 Å². The number of aliphatic hydroxyl groups excluding tert-OH is 1. The van der Waals surface area contributed by atoms with E-state index in [0.29, 0.717) is 22.7 Å². The lowest BCUT2D eigenvalue weighted by Crippen LogP contribution is -2.40. The van der Waals surface area contributed by atoms with Crippen LogP contribution in [0.5, 0.6) is 0 Å². The van der Waals surface area contributed by atoms with Crippen molar-refractivity contribution in [3.05, 3.63) is 64.7 Å². The summed E-state index contributed by atoms with van der Waals surface area (Å²) in [5.74, 6) is -1.60. The Labute approximate surface area is 145 Å². The molecule has 6 heteroatoms. The molecule has 1 atom stereocenters. The smallest absolute Gasteiger partial charge is 0.313 e. The first-order chi connectivity index (χ1) is 11.5. The van der Waals surface area contributed by atoms with Crippen LogP contribution in [0.15, 0.2) is 48.5 Å². The quantitative estimate of drug-likeness (QED) is 0.727. The summed E-state index contributed by atoms with van der Waals surface area (Å²) < 4.78 is 0. The molecule has 0 radical (unpaired) electrons. The van der Waals surface area contributed by atoms with E-state index in [1.807, 2.05) is 30.3 Å². The normalized spacial score (nSPS) is 11.6. The fraction of sp³-hybridized carbons (Fsp3) is 0.222. The van der Waals surface area contributed by atoms with Crippen LogP contribution in [0.2, 0.25) is 5.02 Å². The Bertz CT molecular complexity index is 719. The van der Waals surface area contributed by atoms with Crippen molar-refractivity contribution in [1.82, 2.24) is 5.32 Å². The summed E-state index contributed by atoms with van der Waals surface area (Å²) in [5.41, 5.74) is 2.12. The monoisotopic (exact) mass is 346 g/mol. The number of carbonyl (C=O) groups is 2. The van der Waals surface area contributed by atoms with E-state index in [9.17, 15) is 14.7 Å². The van der Waals surface area contributed by atoms with E-state index in [1.165, 1.54) is 0 Å². The zero-order valence-electron chi connectivity index (χ0n) is 13.3. The van der Waals surface area contributed by atoms with Crippen LogP contribution in [0.4, 0.5) is 5.69 Å². The first-order valence-electron chi connectivity index (χ1n) is 7.53. The van der Waals surface area contributed by atoms with Gasteiger partial charge in [-0.2, -0.15) is 0 Å². The van der Waals surface area contributed by atoms with Crippen molar-refractivity contribution < 1.29 is 14.7 Å². The molecule has 2 aromatic carbocycles. The molecule has 0 aliphatic carbocycles. The third kappa shape index (κ3) is 5.08. The molecule has 126 valence electrons. The van der Waals surface area contributed by atoms with E-state index in [1.54, 1.807) is 25.1 Å². The predicted octanol–water partition coefficient (Wildman–Crippen LogP) is 2.31. The van der Waals surface area contributed by atoms with Crippen molar-refractivity contribution in [3.63, 3.8) is 0 Å². The van der Waals surface area contributed by atoms with E-state index in [4.69, 9.17) is 11.6 Å². The molecule has 0 spiro atoms. The first-order valence-corrected chi connectivity index (χ1v) is 7.91. The number of aliphatic hydroxyl groups is 1. The number of hydrogen-bond acceptors (Lipinski definition) is 3. The lowest BCUT2D eigenvalue weighted by molar-refractivity contribution is -0.136. The number of hydrogen-bond donors (Lipinski definition) is 3. The summed E-state index contributed by atoms with van der Waals surface area (Å²) in [6.07, 6.45) is -0.368. The lowest BCUT2D eigenvalue weighted by Gasteiger charge is -2.13. The maximum atomic E-state index is 11.9. The van der Waals surface area contributed by atoms with Crippen molar-refractivity contribution in [2.75, 3.05) is 11.9 Å². The molecule has 2 amide bonds. The van der Waals surface area contributed by atoms with Crippen LogP contribution >= 0.6 is 11.6 Å².